The fourth-order valence-electron chi connectivity index (χ4n) is 5.91. The van der Waals surface area contributed by atoms with Gasteiger partial charge in [0.05, 0.1) is 11.5 Å². The van der Waals surface area contributed by atoms with Gasteiger partial charge in [-0.25, -0.2) is 0 Å². The van der Waals surface area contributed by atoms with Crippen LogP contribution in [0.3, 0.4) is 0 Å². The monoisotopic (exact) mass is 540 g/mol. The second-order valence-electron chi connectivity index (χ2n) is 11.2. The Balaban J connectivity index is 0.00000400. The van der Waals surface area contributed by atoms with E-state index in [0.717, 1.165) is 37.7 Å². The van der Waals surface area contributed by atoms with Crippen LogP contribution in [0, 0.1) is 0 Å². The minimum atomic E-state index is -1.06. The molecule has 1 aliphatic carbocycles. The van der Waals surface area contributed by atoms with Crippen LogP contribution in [0.25, 0.3) is 0 Å². The fourth-order valence-corrected chi connectivity index (χ4v) is 5.91. The van der Waals surface area contributed by atoms with E-state index in [1.54, 1.807) is 20.9 Å². The normalized spacial score (nSPS) is 18.7. The molecule has 2 aromatic rings. The number of nitrogens with zero attached hydrogens (tertiary/aromatic N) is 1. The fraction of sp³-hybridized carbons (Fsp3) is 0.500. The number of likely N-dealkylation sites (N-methyl/N-ethyl adjacent to an activating group) is 1. The quantitative estimate of drug-likeness (QED) is 0.477. The van der Waals surface area contributed by atoms with Gasteiger partial charge in [0.25, 0.3) is 0 Å². The summed E-state index contributed by atoms with van der Waals surface area (Å²) in [6.45, 7) is 4.51. The van der Waals surface area contributed by atoms with Crippen molar-refractivity contribution in [1.82, 2.24) is 15.5 Å². The number of hydrogen-bond donors (Lipinski definition) is 3. The van der Waals surface area contributed by atoms with E-state index in [1.165, 1.54) is 11.1 Å². The van der Waals surface area contributed by atoms with Gasteiger partial charge in [-0.1, -0.05) is 54.6 Å². The molecule has 2 aromatic carbocycles. The summed E-state index contributed by atoms with van der Waals surface area (Å²) in [5.74, 6) is -0.472. The molecule has 1 heterocycles. The number of likely N-dealkylation sites (tertiary alicyclic amines) is 1. The van der Waals surface area contributed by atoms with Crippen molar-refractivity contribution in [3.8, 4) is 0 Å². The molecule has 8 heteroatoms. The Kier molecular flexibility index (Phi) is 9.60. The molecule has 2 aliphatic rings. The predicted molar refractivity (Wildman–Crippen MR) is 152 cm³/mol. The first-order valence-electron chi connectivity index (χ1n) is 13.4. The highest BCUT2D eigenvalue weighted by Crippen LogP contribution is 2.51. The number of halogens is 1. The van der Waals surface area contributed by atoms with Gasteiger partial charge in [-0.3, -0.25) is 14.4 Å². The van der Waals surface area contributed by atoms with Gasteiger partial charge >= 0.3 is 0 Å². The number of benzene rings is 2. The first-order chi connectivity index (χ1) is 17.6. The van der Waals surface area contributed by atoms with Gasteiger partial charge < -0.3 is 21.3 Å². The van der Waals surface area contributed by atoms with Crippen LogP contribution in [-0.2, 0) is 26.2 Å². The molecule has 7 nitrogen and oxygen atoms in total. The Hall–Kier alpha value is -2.90. The lowest BCUT2D eigenvalue weighted by Crippen LogP contribution is -2.57. The number of carbonyl (C=O) groups excluding carboxylic acids is 3. The molecular weight excluding hydrogens is 500 g/mol. The van der Waals surface area contributed by atoms with Gasteiger partial charge in [0, 0.05) is 25.6 Å². The molecule has 1 saturated heterocycles. The molecule has 0 aromatic heterocycles. The molecular formula is C30H41ClN4O3. The van der Waals surface area contributed by atoms with Crippen molar-refractivity contribution in [3.05, 3.63) is 71.3 Å². The van der Waals surface area contributed by atoms with Crippen molar-refractivity contribution in [2.24, 2.45) is 5.73 Å². The minimum Gasteiger partial charge on any atom is -0.359 e. The molecule has 4 rings (SSSR count). The summed E-state index contributed by atoms with van der Waals surface area (Å²) in [6.07, 6.45) is 4.55. The Morgan fingerprint density at radius 1 is 1.05 bits per heavy atom. The van der Waals surface area contributed by atoms with Crippen molar-refractivity contribution >= 4 is 30.1 Å². The number of fused-ring (bicyclic) bond motifs is 2. The van der Waals surface area contributed by atoms with Gasteiger partial charge in [-0.15, -0.1) is 12.4 Å². The highest BCUT2D eigenvalue weighted by molar-refractivity contribution is 5.91. The molecule has 2 atom stereocenters. The van der Waals surface area contributed by atoms with Crippen molar-refractivity contribution in [2.45, 2.75) is 75.3 Å². The maximum absolute atomic E-state index is 13.7. The Morgan fingerprint density at radius 3 is 2.32 bits per heavy atom. The first kappa shape index (κ1) is 29.7. The Bertz CT molecular complexity index is 1120. The van der Waals surface area contributed by atoms with E-state index >= 15 is 0 Å². The molecule has 0 radical (unpaired) electrons. The molecule has 3 amide bonds. The number of rotatable bonds is 8. The highest BCUT2D eigenvalue weighted by atomic mass is 35.5. The zero-order chi connectivity index (χ0) is 26.6. The average molecular weight is 541 g/mol. The van der Waals surface area contributed by atoms with Crippen LogP contribution in [0.5, 0.6) is 0 Å². The van der Waals surface area contributed by atoms with E-state index < -0.39 is 11.6 Å². The highest BCUT2D eigenvalue weighted by Gasteiger charge is 2.48. The molecule has 0 unspecified atom stereocenters. The minimum absolute atomic E-state index is 0. The summed E-state index contributed by atoms with van der Waals surface area (Å²) in [4.78, 5) is 40.9. The van der Waals surface area contributed by atoms with Crippen LogP contribution in [0.1, 0.15) is 68.6 Å². The first-order valence-corrected chi connectivity index (χ1v) is 13.4. The van der Waals surface area contributed by atoms with E-state index in [4.69, 9.17) is 5.73 Å². The van der Waals surface area contributed by atoms with E-state index in [9.17, 15) is 14.4 Å². The Morgan fingerprint density at radius 2 is 1.68 bits per heavy atom. The zero-order valence-electron chi connectivity index (χ0n) is 22.7. The summed E-state index contributed by atoms with van der Waals surface area (Å²) in [5.41, 5.74) is 8.43. The largest absolute Gasteiger partial charge is 0.359 e. The number of piperidine rings is 1. The smallest absolute Gasteiger partial charge is 0.245 e. The van der Waals surface area contributed by atoms with Crippen LogP contribution in [0.2, 0.25) is 0 Å². The van der Waals surface area contributed by atoms with Gasteiger partial charge in [0.15, 0.2) is 0 Å². The van der Waals surface area contributed by atoms with E-state index in [-0.39, 0.29) is 41.5 Å². The maximum Gasteiger partial charge on any atom is 0.245 e. The number of nitrogens with one attached hydrogen (secondary N) is 2. The van der Waals surface area contributed by atoms with Crippen molar-refractivity contribution in [3.63, 3.8) is 0 Å². The summed E-state index contributed by atoms with van der Waals surface area (Å²) in [5, 5.41) is 5.76. The molecule has 0 bridgehead atoms. The predicted octanol–water partition coefficient (Wildman–Crippen LogP) is 3.45. The van der Waals surface area contributed by atoms with E-state index in [1.807, 2.05) is 35.2 Å². The number of hydrogen-bond acceptors (Lipinski definition) is 4. The van der Waals surface area contributed by atoms with Crippen LogP contribution < -0.4 is 16.4 Å². The summed E-state index contributed by atoms with van der Waals surface area (Å²) >= 11 is 0. The van der Waals surface area contributed by atoms with Crippen LogP contribution in [-0.4, -0.2) is 54.3 Å². The third-order valence-corrected chi connectivity index (χ3v) is 8.09. The average Bonchev–Trinajstić information content (AvgIpc) is 3.21. The molecule has 1 spiro atoms. The van der Waals surface area contributed by atoms with E-state index in [2.05, 4.69) is 34.9 Å². The standard InChI is InChI=1S/C30H40N4O3.ClH/c1-29(2,31)28(37)33-25(15-9-12-21-10-5-4-6-11-21)27(36)34-18-16-30(17-19-34)20-23(26(35)32-3)22-13-7-8-14-24(22)30;/h4-8,10-11,13-14,23,25H,9,12,15-20,31H2,1-3H3,(H,32,35)(H,33,37);1H/t23-,25-;/m1./s1. The molecule has 38 heavy (non-hydrogen) atoms. The SMILES string of the molecule is CNC(=O)[C@@H]1CC2(CCN(C(=O)[C@@H](CCCc3ccccc3)NC(=O)C(C)(C)N)CC2)c2ccccc21.Cl. The number of carbonyl (C=O) groups is 3. The third kappa shape index (κ3) is 6.38. The maximum atomic E-state index is 13.7. The van der Waals surface area contributed by atoms with Crippen LogP contribution in [0.15, 0.2) is 54.6 Å². The van der Waals surface area contributed by atoms with Crippen LogP contribution >= 0.6 is 12.4 Å². The second-order valence-corrected chi connectivity index (χ2v) is 11.2. The summed E-state index contributed by atoms with van der Waals surface area (Å²) in [7, 11) is 1.69. The van der Waals surface area contributed by atoms with Crippen molar-refractivity contribution in [2.75, 3.05) is 20.1 Å². The van der Waals surface area contributed by atoms with E-state index in [0.29, 0.717) is 19.5 Å². The molecule has 1 fully saturated rings. The van der Waals surface area contributed by atoms with Gasteiger partial charge in [0.2, 0.25) is 17.7 Å². The second kappa shape index (κ2) is 12.3. The molecule has 0 saturated carbocycles. The third-order valence-electron chi connectivity index (χ3n) is 8.09. The molecule has 1 aliphatic heterocycles. The lowest BCUT2D eigenvalue weighted by atomic mass is 9.73. The lowest BCUT2D eigenvalue weighted by Gasteiger charge is -2.41. The number of amides is 3. The van der Waals surface area contributed by atoms with Gasteiger partial charge in [-0.2, -0.15) is 0 Å². The Labute approximate surface area is 232 Å². The van der Waals surface area contributed by atoms with Gasteiger partial charge in [0.1, 0.15) is 6.04 Å². The number of aryl methyl sites for hydroxylation is 1. The molecule has 206 valence electrons. The van der Waals surface area contributed by atoms with Crippen LogP contribution in [0.4, 0.5) is 0 Å². The van der Waals surface area contributed by atoms with Crippen molar-refractivity contribution in [1.29, 1.82) is 0 Å². The van der Waals surface area contributed by atoms with Gasteiger partial charge in [-0.05, 0) is 69.1 Å². The number of nitrogens with two attached hydrogens (primary N) is 1. The van der Waals surface area contributed by atoms with Crippen molar-refractivity contribution < 1.29 is 14.4 Å². The lowest BCUT2D eigenvalue weighted by molar-refractivity contribution is -0.139. The summed E-state index contributed by atoms with van der Waals surface area (Å²) in [6, 6.07) is 17.8. The topological polar surface area (TPSA) is 105 Å². The zero-order valence-corrected chi connectivity index (χ0v) is 23.5. The summed E-state index contributed by atoms with van der Waals surface area (Å²) < 4.78 is 0. The molecule has 4 N–H and O–H groups in total.